The molecule has 58 valence electrons. The van der Waals surface area contributed by atoms with Gasteiger partial charge in [0.2, 0.25) is 5.96 Å². The molecule has 0 spiro atoms. The van der Waals surface area contributed by atoms with E-state index in [0.717, 1.165) is 19.5 Å². The van der Waals surface area contributed by atoms with Crippen molar-refractivity contribution in [2.75, 3.05) is 20.1 Å². The minimum absolute atomic E-state index is 0.155. The predicted octanol–water partition coefficient (Wildman–Crippen LogP) is -0.178. The molecule has 0 aromatic carbocycles. The minimum Gasteiger partial charge on any atom is -0.369 e. The van der Waals surface area contributed by atoms with Crippen LogP contribution in [0.3, 0.4) is 0 Å². The van der Waals surface area contributed by atoms with Gasteiger partial charge in [0.25, 0.3) is 0 Å². The van der Waals surface area contributed by atoms with Crippen LogP contribution in [0.25, 0.3) is 0 Å². The summed E-state index contributed by atoms with van der Waals surface area (Å²) in [4.78, 5) is 0. The fraction of sp³-hybridized carbons (Fsp3) is 0.833. The molecule has 0 aromatic rings. The Morgan fingerprint density at radius 2 is 2.00 bits per heavy atom. The quantitative estimate of drug-likeness (QED) is 0.364. The second-order valence-corrected chi connectivity index (χ2v) is 2.60. The van der Waals surface area contributed by atoms with Crippen molar-refractivity contribution in [3.8, 4) is 0 Å². The molecular weight excluding hydrogens is 128 g/mol. The summed E-state index contributed by atoms with van der Waals surface area (Å²) in [6, 6.07) is 0. The van der Waals surface area contributed by atoms with Crippen LogP contribution in [0.15, 0.2) is 0 Å². The Bertz CT molecular complexity index is 134. The van der Waals surface area contributed by atoms with Crippen LogP contribution in [0.2, 0.25) is 0 Å². The van der Waals surface area contributed by atoms with E-state index < -0.39 is 0 Å². The summed E-state index contributed by atoms with van der Waals surface area (Å²) >= 11 is 0. The minimum atomic E-state index is 0.155. The van der Waals surface area contributed by atoms with E-state index in [9.17, 15) is 0 Å². The molecule has 4 nitrogen and oxygen atoms in total. The summed E-state index contributed by atoms with van der Waals surface area (Å²) in [5.41, 5.74) is 5.33. The standard InChI is InChI=1S/C6H14N4/c1-9-4-2-3-5-10(9)6(7)8/h2-5H2,1H3,(H3,7,8). The smallest absolute Gasteiger partial charge is 0.203 e. The van der Waals surface area contributed by atoms with Gasteiger partial charge < -0.3 is 5.73 Å². The van der Waals surface area contributed by atoms with E-state index in [0.29, 0.717) is 0 Å². The summed E-state index contributed by atoms with van der Waals surface area (Å²) in [5.74, 6) is 0.155. The summed E-state index contributed by atoms with van der Waals surface area (Å²) in [6.45, 7) is 1.91. The summed E-state index contributed by atoms with van der Waals surface area (Å²) < 4.78 is 0. The first-order valence-corrected chi connectivity index (χ1v) is 3.54. The third-order valence-electron chi connectivity index (χ3n) is 1.79. The number of nitrogens with zero attached hydrogens (tertiary/aromatic N) is 2. The molecule has 4 heteroatoms. The van der Waals surface area contributed by atoms with Gasteiger partial charge in [0, 0.05) is 20.1 Å². The van der Waals surface area contributed by atoms with Gasteiger partial charge in [-0.1, -0.05) is 0 Å². The third kappa shape index (κ3) is 1.39. The fourth-order valence-corrected chi connectivity index (χ4v) is 1.20. The zero-order valence-electron chi connectivity index (χ0n) is 6.30. The number of guanidine groups is 1. The van der Waals surface area contributed by atoms with E-state index in [2.05, 4.69) is 0 Å². The van der Waals surface area contributed by atoms with Gasteiger partial charge in [-0.25, -0.2) is 5.01 Å². The number of rotatable bonds is 0. The highest BCUT2D eigenvalue weighted by Crippen LogP contribution is 2.06. The Labute approximate surface area is 61.1 Å². The first kappa shape index (κ1) is 7.34. The number of nitrogens with one attached hydrogen (secondary N) is 1. The van der Waals surface area contributed by atoms with Crippen molar-refractivity contribution in [2.24, 2.45) is 5.73 Å². The van der Waals surface area contributed by atoms with Crippen LogP contribution in [0.1, 0.15) is 12.8 Å². The molecule has 0 amide bonds. The second kappa shape index (κ2) is 2.88. The van der Waals surface area contributed by atoms with E-state index in [-0.39, 0.29) is 5.96 Å². The monoisotopic (exact) mass is 142 g/mol. The van der Waals surface area contributed by atoms with Crippen LogP contribution >= 0.6 is 0 Å². The lowest BCUT2D eigenvalue weighted by Crippen LogP contribution is -2.50. The lowest BCUT2D eigenvalue weighted by molar-refractivity contribution is 0.0422. The first-order chi connectivity index (χ1) is 4.72. The van der Waals surface area contributed by atoms with E-state index >= 15 is 0 Å². The Morgan fingerprint density at radius 3 is 2.40 bits per heavy atom. The largest absolute Gasteiger partial charge is 0.369 e. The summed E-state index contributed by atoms with van der Waals surface area (Å²) in [7, 11) is 1.96. The maximum atomic E-state index is 7.18. The fourth-order valence-electron chi connectivity index (χ4n) is 1.20. The van der Waals surface area contributed by atoms with Gasteiger partial charge in [-0.15, -0.1) is 0 Å². The molecule has 1 aliphatic heterocycles. The van der Waals surface area contributed by atoms with Crippen LogP contribution in [-0.2, 0) is 0 Å². The Morgan fingerprint density at radius 1 is 1.40 bits per heavy atom. The molecule has 1 heterocycles. The zero-order chi connectivity index (χ0) is 7.56. The molecule has 0 aromatic heterocycles. The SMILES string of the molecule is CN1CCCCN1C(=N)N. The van der Waals surface area contributed by atoms with E-state index in [1.54, 1.807) is 5.01 Å². The van der Waals surface area contributed by atoms with Crippen LogP contribution in [0, 0.1) is 5.41 Å². The Kier molecular flexibility index (Phi) is 2.11. The molecule has 0 saturated carbocycles. The first-order valence-electron chi connectivity index (χ1n) is 3.54. The molecule has 0 atom stereocenters. The number of nitrogens with two attached hydrogens (primary N) is 1. The molecule has 3 N–H and O–H groups in total. The average molecular weight is 142 g/mol. The zero-order valence-corrected chi connectivity index (χ0v) is 6.30. The van der Waals surface area contributed by atoms with Crippen LogP contribution < -0.4 is 5.73 Å². The van der Waals surface area contributed by atoms with E-state index in [1.807, 2.05) is 12.1 Å². The number of hydrogen-bond donors (Lipinski definition) is 2. The van der Waals surface area contributed by atoms with Crippen molar-refractivity contribution in [2.45, 2.75) is 12.8 Å². The van der Waals surface area contributed by atoms with Gasteiger partial charge in [-0.2, -0.15) is 0 Å². The lowest BCUT2D eigenvalue weighted by Gasteiger charge is -2.35. The van der Waals surface area contributed by atoms with Gasteiger partial charge in [0.15, 0.2) is 0 Å². The Hall–Kier alpha value is -0.770. The molecular formula is C6H14N4. The van der Waals surface area contributed by atoms with Crippen LogP contribution in [0.4, 0.5) is 0 Å². The van der Waals surface area contributed by atoms with E-state index in [1.165, 1.54) is 6.42 Å². The molecule has 1 rings (SSSR count). The number of hydrazine groups is 1. The van der Waals surface area contributed by atoms with Gasteiger partial charge >= 0.3 is 0 Å². The molecule has 0 bridgehead atoms. The van der Waals surface area contributed by atoms with Crippen molar-refractivity contribution < 1.29 is 0 Å². The molecule has 1 aliphatic rings. The highest BCUT2D eigenvalue weighted by molar-refractivity contribution is 5.74. The lowest BCUT2D eigenvalue weighted by atomic mass is 10.2. The van der Waals surface area contributed by atoms with Gasteiger partial charge in [0.1, 0.15) is 0 Å². The maximum Gasteiger partial charge on any atom is 0.203 e. The Balaban J connectivity index is 2.47. The molecule has 10 heavy (non-hydrogen) atoms. The molecule has 1 fully saturated rings. The van der Waals surface area contributed by atoms with Gasteiger partial charge in [-0.05, 0) is 12.8 Å². The van der Waals surface area contributed by atoms with Crippen molar-refractivity contribution >= 4 is 5.96 Å². The highest BCUT2D eigenvalue weighted by Gasteiger charge is 2.15. The van der Waals surface area contributed by atoms with Crippen LogP contribution in [0.5, 0.6) is 0 Å². The predicted molar refractivity (Wildman–Crippen MR) is 40.5 cm³/mol. The van der Waals surface area contributed by atoms with Gasteiger partial charge in [-0.3, -0.25) is 10.4 Å². The number of hydrogen-bond acceptors (Lipinski definition) is 2. The summed E-state index contributed by atoms with van der Waals surface area (Å²) in [5, 5.41) is 11.0. The third-order valence-corrected chi connectivity index (χ3v) is 1.79. The topological polar surface area (TPSA) is 56.4 Å². The van der Waals surface area contributed by atoms with E-state index in [4.69, 9.17) is 11.1 Å². The van der Waals surface area contributed by atoms with Crippen molar-refractivity contribution in [3.05, 3.63) is 0 Å². The molecule has 0 radical (unpaired) electrons. The van der Waals surface area contributed by atoms with Crippen molar-refractivity contribution in [3.63, 3.8) is 0 Å². The highest BCUT2D eigenvalue weighted by atomic mass is 15.6. The van der Waals surface area contributed by atoms with Crippen molar-refractivity contribution in [1.82, 2.24) is 10.0 Å². The van der Waals surface area contributed by atoms with Gasteiger partial charge in [0.05, 0.1) is 0 Å². The average Bonchev–Trinajstić information content (AvgIpc) is 1.88. The molecule has 0 unspecified atom stereocenters. The molecule has 0 aliphatic carbocycles. The second-order valence-electron chi connectivity index (χ2n) is 2.60. The molecule has 1 saturated heterocycles. The normalized spacial score (nSPS) is 21.1. The van der Waals surface area contributed by atoms with Crippen LogP contribution in [-0.4, -0.2) is 36.1 Å². The summed E-state index contributed by atoms with van der Waals surface area (Å²) in [6.07, 6.45) is 2.35. The van der Waals surface area contributed by atoms with Crippen molar-refractivity contribution in [1.29, 1.82) is 5.41 Å². The maximum absolute atomic E-state index is 7.18.